The van der Waals surface area contributed by atoms with E-state index >= 15 is 0 Å². The number of unbranched alkanes of at least 4 members (excludes halogenated alkanes) is 1. The van der Waals surface area contributed by atoms with E-state index in [4.69, 9.17) is 9.47 Å². The summed E-state index contributed by atoms with van der Waals surface area (Å²) in [5, 5.41) is 9.37. The molecule has 0 bridgehead atoms. The number of esters is 1. The van der Waals surface area contributed by atoms with E-state index in [1.54, 1.807) is 0 Å². The van der Waals surface area contributed by atoms with E-state index in [2.05, 4.69) is 0 Å². The number of ether oxygens (including phenoxy) is 2. The lowest BCUT2D eigenvalue weighted by atomic mass is 9.78. The quantitative estimate of drug-likeness (QED) is 0.515. The molecule has 1 aliphatic carbocycles. The molecule has 134 valence electrons. The Morgan fingerprint density at radius 3 is 2.26 bits per heavy atom. The SMILES string of the molecule is CC(C)(C)OCCCCOC(=O)C[C@H](C(=O)O)C1CCCCC1. The summed E-state index contributed by atoms with van der Waals surface area (Å²) >= 11 is 0. The van der Waals surface area contributed by atoms with Crippen LogP contribution in [-0.2, 0) is 19.1 Å². The maximum absolute atomic E-state index is 11.9. The molecule has 0 aromatic carbocycles. The van der Waals surface area contributed by atoms with E-state index in [1.807, 2.05) is 20.8 Å². The van der Waals surface area contributed by atoms with Crippen LogP contribution in [0.2, 0.25) is 0 Å². The number of carbonyl (C=O) groups is 2. The zero-order chi connectivity index (χ0) is 17.3. The van der Waals surface area contributed by atoms with Crippen molar-refractivity contribution in [2.24, 2.45) is 11.8 Å². The van der Waals surface area contributed by atoms with Crippen LogP contribution in [0.5, 0.6) is 0 Å². The van der Waals surface area contributed by atoms with Crippen molar-refractivity contribution >= 4 is 11.9 Å². The minimum absolute atomic E-state index is 0.00150. The van der Waals surface area contributed by atoms with E-state index in [0.717, 1.165) is 38.5 Å². The minimum atomic E-state index is -0.868. The Morgan fingerprint density at radius 2 is 1.70 bits per heavy atom. The Kier molecular flexibility index (Phi) is 8.59. The van der Waals surface area contributed by atoms with E-state index < -0.39 is 11.9 Å². The summed E-state index contributed by atoms with van der Waals surface area (Å²) in [6.45, 7) is 6.99. The first-order chi connectivity index (χ1) is 10.8. The highest BCUT2D eigenvalue weighted by Gasteiger charge is 2.31. The first-order valence-electron chi connectivity index (χ1n) is 8.82. The van der Waals surface area contributed by atoms with Gasteiger partial charge in [0.1, 0.15) is 0 Å². The second-order valence-electron chi connectivity index (χ2n) is 7.44. The molecule has 5 heteroatoms. The summed E-state index contributed by atoms with van der Waals surface area (Å²) < 4.78 is 10.8. The average molecular weight is 328 g/mol. The van der Waals surface area contributed by atoms with Gasteiger partial charge in [-0.1, -0.05) is 19.3 Å². The molecular formula is C18H32O5. The first kappa shape index (κ1) is 19.9. The van der Waals surface area contributed by atoms with Gasteiger partial charge < -0.3 is 14.6 Å². The van der Waals surface area contributed by atoms with Crippen LogP contribution in [0.4, 0.5) is 0 Å². The van der Waals surface area contributed by atoms with Crippen LogP contribution in [-0.4, -0.2) is 35.9 Å². The third-order valence-corrected chi connectivity index (χ3v) is 4.26. The molecule has 5 nitrogen and oxygen atoms in total. The molecule has 0 radical (unpaired) electrons. The smallest absolute Gasteiger partial charge is 0.307 e. The third-order valence-electron chi connectivity index (χ3n) is 4.26. The van der Waals surface area contributed by atoms with Gasteiger partial charge >= 0.3 is 11.9 Å². The number of carboxylic acid groups (broad SMARTS) is 1. The molecule has 0 aromatic rings. The van der Waals surface area contributed by atoms with Crippen molar-refractivity contribution in [2.45, 2.75) is 77.7 Å². The maximum Gasteiger partial charge on any atom is 0.307 e. The molecule has 1 rings (SSSR count). The molecule has 0 aromatic heterocycles. The van der Waals surface area contributed by atoms with Gasteiger partial charge in [0.25, 0.3) is 0 Å². The molecule has 1 atom stereocenters. The Morgan fingerprint density at radius 1 is 1.09 bits per heavy atom. The number of rotatable bonds is 9. The summed E-state index contributed by atoms with van der Waals surface area (Å²) in [5.74, 6) is -1.73. The lowest BCUT2D eigenvalue weighted by Crippen LogP contribution is -2.28. The second-order valence-corrected chi connectivity index (χ2v) is 7.44. The monoisotopic (exact) mass is 328 g/mol. The fourth-order valence-corrected chi connectivity index (χ4v) is 3.00. The van der Waals surface area contributed by atoms with Crippen LogP contribution in [0.3, 0.4) is 0 Å². The van der Waals surface area contributed by atoms with Gasteiger partial charge in [-0.25, -0.2) is 0 Å². The van der Waals surface area contributed by atoms with Crippen LogP contribution in [0.15, 0.2) is 0 Å². The highest BCUT2D eigenvalue weighted by atomic mass is 16.5. The average Bonchev–Trinajstić information content (AvgIpc) is 2.48. The Hall–Kier alpha value is -1.10. The molecule has 23 heavy (non-hydrogen) atoms. The molecule has 1 fully saturated rings. The fraction of sp³-hybridized carbons (Fsp3) is 0.889. The van der Waals surface area contributed by atoms with Crippen molar-refractivity contribution in [3.05, 3.63) is 0 Å². The van der Waals surface area contributed by atoms with Crippen molar-refractivity contribution in [2.75, 3.05) is 13.2 Å². The highest BCUT2D eigenvalue weighted by molar-refractivity contribution is 5.79. The molecule has 1 aliphatic rings. The van der Waals surface area contributed by atoms with Crippen molar-refractivity contribution in [1.29, 1.82) is 0 Å². The molecule has 0 unspecified atom stereocenters. The van der Waals surface area contributed by atoms with Crippen molar-refractivity contribution < 1.29 is 24.2 Å². The van der Waals surface area contributed by atoms with Crippen LogP contribution in [0.25, 0.3) is 0 Å². The molecule has 0 amide bonds. The standard InChI is InChI=1S/C18H32O5/c1-18(2,3)23-12-8-7-11-22-16(19)13-15(17(20)21)14-9-5-4-6-10-14/h14-15H,4-13H2,1-3H3,(H,20,21)/t15-/m0/s1. The molecule has 1 N–H and O–H groups in total. The predicted molar refractivity (Wildman–Crippen MR) is 88.2 cm³/mol. The predicted octanol–water partition coefficient (Wildman–Crippen LogP) is 3.80. The van der Waals surface area contributed by atoms with E-state index in [0.29, 0.717) is 13.2 Å². The van der Waals surface area contributed by atoms with Crippen LogP contribution in [0.1, 0.15) is 72.1 Å². The van der Waals surface area contributed by atoms with Crippen LogP contribution in [0, 0.1) is 11.8 Å². The van der Waals surface area contributed by atoms with E-state index in [-0.39, 0.29) is 23.9 Å². The molecule has 0 spiro atoms. The number of carboxylic acids is 1. The second kappa shape index (κ2) is 9.91. The summed E-state index contributed by atoms with van der Waals surface area (Å²) in [4.78, 5) is 23.3. The molecular weight excluding hydrogens is 296 g/mol. The lowest BCUT2D eigenvalue weighted by Gasteiger charge is -2.26. The number of hydrogen-bond acceptors (Lipinski definition) is 4. The van der Waals surface area contributed by atoms with Gasteiger partial charge in [-0.05, 0) is 52.4 Å². The van der Waals surface area contributed by atoms with Gasteiger partial charge in [-0.15, -0.1) is 0 Å². The van der Waals surface area contributed by atoms with Crippen LogP contribution >= 0.6 is 0 Å². The van der Waals surface area contributed by atoms with Crippen molar-refractivity contribution in [1.82, 2.24) is 0 Å². The minimum Gasteiger partial charge on any atom is -0.481 e. The zero-order valence-electron chi connectivity index (χ0n) is 14.8. The van der Waals surface area contributed by atoms with E-state index in [9.17, 15) is 14.7 Å². The van der Waals surface area contributed by atoms with Crippen molar-refractivity contribution in [3.63, 3.8) is 0 Å². The Bertz CT molecular complexity index is 366. The summed E-state index contributed by atoms with van der Waals surface area (Å²) in [5.41, 5.74) is -0.147. The van der Waals surface area contributed by atoms with E-state index in [1.165, 1.54) is 6.42 Å². The molecule has 0 heterocycles. The first-order valence-corrected chi connectivity index (χ1v) is 8.82. The normalized spacial score (nSPS) is 17.7. The summed E-state index contributed by atoms with van der Waals surface area (Å²) in [6, 6.07) is 0. The molecule has 0 aliphatic heterocycles. The van der Waals surface area contributed by atoms with Gasteiger partial charge in [0.05, 0.1) is 24.5 Å². The number of hydrogen-bond donors (Lipinski definition) is 1. The topological polar surface area (TPSA) is 72.8 Å². The van der Waals surface area contributed by atoms with Gasteiger partial charge in [0.2, 0.25) is 0 Å². The molecule has 1 saturated carbocycles. The Balaban J connectivity index is 2.21. The molecule has 0 saturated heterocycles. The summed E-state index contributed by atoms with van der Waals surface area (Å²) in [7, 11) is 0. The third kappa shape index (κ3) is 8.94. The van der Waals surface area contributed by atoms with Crippen molar-refractivity contribution in [3.8, 4) is 0 Å². The highest BCUT2D eigenvalue weighted by Crippen LogP contribution is 2.32. The van der Waals surface area contributed by atoms with Gasteiger partial charge in [0, 0.05) is 6.61 Å². The zero-order valence-corrected chi connectivity index (χ0v) is 14.8. The largest absolute Gasteiger partial charge is 0.481 e. The number of aliphatic carboxylic acids is 1. The lowest BCUT2D eigenvalue weighted by molar-refractivity contribution is -0.154. The number of carbonyl (C=O) groups excluding carboxylic acids is 1. The maximum atomic E-state index is 11.9. The summed E-state index contributed by atoms with van der Waals surface area (Å²) in [6.07, 6.45) is 6.69. The van der Waals surface area contributed by atoms with Crippen LogP contribution < -0.4 is 0 Å². The fourth-order valence-electron chi connectivity index (χ4n) is 3.00. The van der Waals surface area contributed by atoms with Gasteiger partial charge in [0.15, 0.2) is 0 Å². The Labute approximate surface area is 139 Å². The van der Waals surface area contributed by atoms with Gasteiger partial charge in [-0.2, -0.15) is 0 Å². The van der Waals surface area contributed by atoms with Gasteiger partial charge in [-0.3, -0.25) is 9.59 Å².